The van der Waals surface area contributed by atoms with Crippen LogP contribution in [0.25, 0.3) is 5.57 Å². The molecule has 1 N–H and O–H groups in total. The van der Waals surface area contributed by atoms with Gasteiger partial charge in [0.2, 0.25) is 0 Å². The summed E-state index contributed by atoms with van der Waals surface area (Å²) in [5, 5.41) is 4.01. The summed E-state index contributed by atoms with van der Waals surface area (Å²) in [7, 11) is 0. The molecule has 2 heterocycles. The lowest BCUT2D eigenvalue weighted by molar-refractivity contribution is 0.200. The van der Waals surface area contributed by atoms with Crippen LogP contribution in [0, 0.1) is 6.92 Å². The smallest absolute Gasteiger partial charge is 0.318 e. The van der Waals surface area contributed by atoms with Gasteiger partial charge in [-0.25, -0.2) is 9.78 Å². The Kier molecular flexibility index (Phi) is 4.76. The van der Waals surface area contributed by atoms with Crippen LogP contribution in [0.5, 0.6) is 0 Å². The third-order valence-corrected chi connectivity index (χ3v) is 5.03. The van der Waals surface area contributed by atoms with Gasteiger partial charge >= 0.3 is 6.03 Å². The van der Waals surface area contributed by atoms with E-state index < -0.39 is 0 Å². The molecule has 0 unspecified atom stereocenters. The van der Waals surface area contributed by atoms with Crippen LogP contribution in [0.15, 0.2) is 42.6 Å². The summed E-state index contributed by atoms with van der Waals surface area (Å²) in [5.41, 5.74) is 2.40. The molecule has 3 rings (SSSR count). The molecule has 0 radical (unpaired) electrons. The van der Waals surface area contributed by atoms with E-state index in [1.54, 1.807) is 11.3 Å². The average molecular weight is 327 g/mol. The zero-order chi connectivity index (χ0) is 16.2. The van der Waals surface area contributed by atoms with Gasteiger partial charge < -0.3 is 10.2 Å². The molecular formula is C18H21N3OS. The molecule has 5 heteroatoms. The Hall–Kier alpha value is -2.14. The number of nitrogens with zero attached hydrogens (tertiary/aromatic N) is 2. The van der Waals surface area contributed by atoms with Crippen molar-refractivity contribution in [2.75, 3.05) is 13.1 Å². The monoisotopic (exact) mass is 327 g/mol. The van der Waals surface area contributed by atoms with Crippen LogP contribution in [0.3, 0.4) is 0 Å². The molecule has 0 fully saturated rings. The van der Waals surface area contributed by atoms with Gasteiger partial charge in [-0.1, -0.05) is 36.4 Å². The largest absolute Gasteiger partial charge is 0.329 e. The highest BCUT2D eigenvalue weighted by molar-refractivity contribution is 7.11. The highest BCUT2D eigenvalue weighted by Gasteiger charge is 2.21. The topological polar surface area (TPSA) is 45.2 Å². The number of carbonyl (C=O) groups is 1. The number of thiazole rings is 1. The van der Waals surface area contributed by atoms with E-state index in [1.807, 2.05) is 43.1 Å². The summed E-state index contributed by atoms with van der Waals surface area (Å²) in [6.07, 6.45) is 4.97. The number of hydrogen-bond donors (Lipinski definition) is 1. The van der Waals surface area contributed by atoms with Gasteiger partial charge in [0.25, 0.3) is 0 Å². The van der Waals surface area contributed by atoms with Gasteiger partial charge in [0.05, 0.1) is 6.04 Å². The van der Waals surface area contributed by atoms with E-state index in [2.05, 4.69) is 28.5 Å². The molecule has 1 aliphatic rings. The summed E-state index contributed by atoms with van der Waals surface area (Å²) < 4.78 is 0. The summed E-state index contributed by atoms with van der Waals surface area (Å²) in [6, 6.07) is 10.2. The van der Waals surface area contributed by atoms with Crippen LogP contribution in [0.1, 0.15) is 34.8 Å². The number of aryl methyl sites for hydroxylation is 1. The van der Waals surface area contributed by atoms with Crippen molar-refractivity contribution in [2.24, 2.45) is 0 Å². The Morgan fingerprint density at radius 2 is 2.13 bits per heavy atom. The third kappa shape index (κ3) is 3.79. The minimum Gasteiger partial charge on any atom is -0.329 e. The van der Waals surface area contributed by atoms with E-state index in [0.29, 0.717) is 6.54 Å². The Bertz CT molecular complexity index is 708. The van der Waals surface area contributed by atoms with E-state index in [9.17, 15) is 4.79 Å². The van der Waals surface area contributed by atoms with Crippen molar-refractivity contribution in [1.29, 1.82) is 0 Å². The van der Waals surface area contributed by atoms with Gasteiger partial charge in [-0.3, -0.25) is 0 Å². The summed E-state index contributed by atoms with van der Waals surface area (Å²) >= 11 is 1.63. The molecule has 1 atom stereocenters. The Morgan fingerprint density at radius 3 is 2.83 bits per heavy atom. The Balaban J connectivity index is 1.63. The SMILES string of the molecule is Cc1cnc([C@@H](C)NC(=O)N2CCC=C(c3ccccc3)C2)s1. The quantitative estimate of drug-likeness (QED) is 0.926. The van der Waals surface area contributed by atoms with Gasteiger partial charge in [0, 0.05) is 24.2 Å². The molecule has 120 valence electrons. The average Bonchev–Trinajstić information content (AvgIpc) is 3.02. The minimum atomic E-state index is -0.0627. The molecular weight excluding hydrogens is 306 g/mol. The number of aromatic nitrogens is 1. The number of nitrogens with one attached hydrogen (secondary N) is 1. The van der Waals surface area contributed by atoms with Crippen molar-refractivity contribution >= 4 is 22.9 Å². The maximum absolute atomic E-state index is 12.5. The standard InChI is InChI=1S/C18H21N3OS/c1-13-11-19-17(23-13)14(2)20-18(22)21-10-6-9-16(12-21)15-7-4-3-5-8-15/h3-5,7-9,11,14H,6,10,12H2,1-2H3,(H,20,22)/t14-/m1/s1. The first kappa shape index (κ1) is 15.7. The van der Waals surface area contributed by atoms with Crippen LogP contribution in [-0.4, -0.2) is 29.0 Å². The number of hydrogen-bond acceptors (Lipinski definition) is 3. The lowest BCUT2D eigenvalue weighted by Gasteiger charge is -2.29. The molecule has 0 aliphatic carbocycles. The van der Waals surface area contributed by atoms with Crippen LogP contribution >= 0.6 is 11.3 Å². The summed E-state index contributed by atoms with van der Waals surface area (Å²) in [6.45, 7) is 5.41. The normalized spacial score (nSPS) is 15.9. The molecule has 1 aliphatic heterocycles. The second-order valence-corrected chi connectivity index (χ2v) is 7.05. The van der Waals surface area contributed by atoms with E-state index in [0.717, 1.165) is 22.9 Å². The Morgan fingerprint density at radius 1 is 1.35 bits per heavy atom. The molecule has 0 saturated heterocycles. The van der Waals surface area contributed by atoms with Gasteiger partial charge in [0.15, 0.2) is 0 Å². The molecule has 0 spiro atoms. The molecule has 2 aromatic rings. The van der Waals surface area contributed by atoms with Crippen molar-refractivity contribution in [3.05, 3.63) is 58.1 Å². The zero-order valence-corrected chi connectivity index (χ0v) is 14.3. The molecule has 2 amide bonds. The number of rotatable bonds is 3. The highest BCUT2D eigenvalue weighted by Crippen LogP contribution is 2.22. The first-order valence-corrected chi connectivity index (χ1v) is 8.67. The molecule has 0 bridgehead atoms. The van der Waals surface area contributed by atoms with Crippen molar-refractivity contribution in [3.8, 4) is 0 Å². The lowest BCUT2D eigenvalue weighted by Crippen LogP contribution is -2.43. The minimum absolute atomic E-state index is 0.0214. The van der Waals surface area contributed by atoms with Crippen LogP contribution in [0.4, 0.5) is 4.79 Å². The van der Waals surface area contributed by atoms with Crippen LogP contribution in [-0.2, 0) is 0 Å². The van der Waals surface area contributed by atoms with Gasteiger partial charge in [-0.05, 0) is 31.4 Å². The van der Waals surface area contributed by atoms with Gasteiger partial charge in [-0.15, -0.1) is 11.3 Å². The number of urea groups is 1. The van der Waals surface area contributed by atoms with Crippen molar-refractivity contribution in [1.82, 2.24) is 15.2 Å². The zero-order valence-electron chi connectivity index (χ0n) is 13.5. The molecule has 1 aromatic carbocycles. The molecule has 0 saturated carbocycles. The number of carbonyl (C=O) groups excluding carboxylic acids is 1. The maximum Gasteiger partial charge on any atom is 0.318 e. The van der Waals surface area contributed by atoms with E-state index in [-0.39, 0.29) is 12.1 Å². The molecule has 4 nitrogen and oxygen atoms in total. The maximum atomic E-state index is 12.5. The van der Waals surface area contributed by atoms with Crippen molar-refractivity contribution < 1.29 is 4.79 Å². The molecule has 23 heavy (non-hydrogen) atoms. The first-order valence-electron chi connectivity index (χ1n) is 7.85. The predicted octanol–water partition coefficient (Wildman–Crippen LogP) is 4.01. The van der Waals surface area contributed by atoms with Gasteiger partial charge in [0.1, 0.15) is 5.01 Å². The van der Waals surface area contributed by atoms with Crippen molar-refractivity contribution in [3.63, 3.8) is 0 Å². The molecule has 1 aromatic heterocycles. The summed E-state index contributed by atoms with van der Waals surface area (Å²) in [5.74, 6) is 0. The van der Waals surface area contributed by atoms with E-state index in [4.69, 9.17) is 0 Å². The third-order valence-electron chi connectivity index (χ3n) is 3.93. The fourth-order valence-corrected chi connectivity index (χ4v) is 3.47. The van der Waals surface area contributed by atoms with E-state index in [1.165, 1.54) is 11.1 Å². The Labute approximate surface area is 140 Å². The highest BCUT2D eigenvalue weighted by atomic mass is 32.1. The number of benzene rings is 1. The van der Waals surface area contributed by atoms with Crippen molar-refractivity contribution in [2.45, 2.75) is 26.3 Å². The predicted molar refractivity (Wildman–Crippen MR) is 94.4 cm³/mol. The van der Waals surface area contributed by atoms with Crippen LogP contribution < -0.4 is 5.32 Å². The first-order chi connectivity index (χ1) is 11.1. The second kappa shape index (κ2) is 6.96. The van der Waals surface area contributed by atoms with Crippen LogP contribution in [0.2, 0.25) is 0 Å². The fraction of sp³-hybridized carbons (Fsp3) is 0.333. The fourth-order valence-electron chi connectivity index (χ4n) is 2.69. The summed E-state index contributed by atoms with van der Waals surface area (Å²) in [4.78, 5) is 19.9. The van der Waals surface area contributed by atoms with Gasteiger partial charge in [-0.2, -0.15) is 0 Å². The second-order valence-electron chi connectivity index (χ2n) is 5.79. The number of amides is 2. The lowest BCUT2D eigenvalue weighted by atomic mass is 10.0. The van der Waals surface area contributed by atoms with E-state index >= 15 is 0 Å².